The summed E-state index contributed by atoms with van der Waals surface area (Å²) >= 11 is 0. The highest BCUT2D eigenvalue weighted by atomic mass is 16.3. The molecular formula is C18H27N5O. The van der Waals surface area contributed by atoms with Gasteiger partial charge in [0.2, 0.25) is 0 Å². The van der Waals surface area contributed by atoms with Crippen LogP contribution in [0.5, 0.6) is 0 Å². The fourth-order valence-electron chi connectivity index (χ4n) is 3.09. The maximum atomic E-state index is 5.34. The van der Waals surface area contributed by atoms with Crippen LogP contribution in [0.3, 0.4) is 0 Å². The van der Waals surface area contributed by atoms with Gasteiger partial charge >= 0.3 is 0 Å². The van der Waals surface area contributed by atoms with Crippen molar-refractivity contribution in [1.29, 1.82) is 0 Å². The molecule has 3 rings (SSSR count). The van der Waals surface area contributed by atoms with Crippen LogP contribution in [-0.4, -0.2) is 28.8 Å². The lowest BCUT2D eigenvalue weighted by molar-refractivity contribution is 0.463. The SMILES string of the molecule is CCNC(=NCc1ccn(C2CCCC2)n1)NCCc1ccco1. The predicted octanol–water partition coefficient (Wildman–Crippen LogP) is 2.89. The molecule has 6 nitrogen and oxygen atoms in total. The lowest BCUT2D eigenvalue weighted by atomic mass is 10.3. The standard InChI is InChI=1S/C18H27N5O/c1-2-19-18(20-11-9-17-8-5-13-24-17)21-14-15-10-12-23(22-15)16-6-3-4-7-16/h5,8,10,12-13,16H,2-4,6-7,9,11,14H2,1H3,(H2,19,20,21). The summed E-state index contributed by atoms with van der Waals surface area (Å²) < 4.78 is 7.46. The van der Waals surface area contributed by atoms with Gasteiger partial charge in [-0.1, -0.05) is 12.8 Å². The Balaban J connectivity index is 1.51. The molecule has 0 spiro atoms. The van der Waals surface area contributed by atoms with E-state index in [-0.39, 0.29) is 0 Å². The monoisotopic (exact) mass is 329 g/mol. The van der Waals surface area contributed by atoms with Crippen LogP contribution in [-0.2, 0) is 13.0 Å². The Kier molecular flexibility index (Phi) is 5.93. The second-order valence-electron chi connectivity index (χ2n) is 6.18. The van der Waals surface area contributed by atoms with E-state index in [0.29, 0.717) is 12.6 Å². The zero-order valence-corrected chi connectivity index (χ0v) is 14.4. The summed E-state index contributed by atoms with van der Waals surface area (Å²) in [5.74, 6) is 1.80. The first-order valence-corrected chi connectivity index (χ1v) is 8.93. The highest BCUT2D eigenvalue weighted by Crippen LogP contribution is 2.28. The van der Waals surface area contributed by atoms with E-state index in [1.165, 1.54) is 25.7 Å². The quantitative estimate of drug-likeness (QED) is 0.605. The molecule has 1 aliphatic carbocycles. The number of rotatable bonds is 7. The number of guanidine groups is 1. The van der Waals surface area contributed by atoms with Crippen LogP contribution in [0.1, 0.15) is 50.1 Å². The molecular weight excluding hydrogens is 302 g/mol. The molecule has 2 heterocycles. The van der Waals surface area contributed by atoms with Gasteiger partial charge < -0.3 is 15.1 Å². The Morgan fingerprint density at radius 3 is 2.96 bits per heavy atom. The Hall–Kier alpha value is -2.24. The van der Waals surface area contributed by atoms with E-state index in [9.17, 15) is 0 Å². The molecule has 130 valence electrons. The smallest absolute Gasteiger partial charge is 0.191 e. The number of nitrogens with zero attached hydrogens (tertiary/aromatic N) is 3. The maximum Gasteiger partial charge on any atom is 0.191 e. The minimum Gasteiger partial charge on any atom is -0.469 e. The molecule has 0 radical (unpaired) electrons. The van der Waals surface area contributed by atoms with E-state index in [1.54, 1.807) is 6.26 Å². The summed E-state index contributed by atoms with van der Waals surface area (Å²) in [5.41, 5.74) is 1.02. The van der Waals surface area contributed by atoms with E-state index in [1.807, 2.05) is 12.1 Å². The summed E-state index contributed by atoms with van der Waals surface area (Å²) in [6.45, 7) is 4.29. The van der Waals surface area contributed by atoms with Gasteiger partial charge in [-0.2, -0.15) is 5.10 Å². The number of hydrogen-bond donors (Lipinski definition) is 2. The van der Waals surface area contributed by atoms with Crippen LogP contribution in [0.2, 0.25) is 0 Å². The highest BCUT2D eigenvalue weighted by molar-refractivity contribution is 5.79. The van der Waals surface area contributed by atoms with Crippen molar-refractivity contribution in [2.75, 3.05) is 13.1 Å². The zero-order chi connectivity index (χ0) is 16.6. The van der Waals surface area contributed by atoms with Crippen molar-refractivity contribution in [2.24, 2.45) is 4.99 Å². The van der Waals surface area contributed by atoms with Crippen molar-refractivity contribution in [3.05, 3.63) is 42.1 Å². The van der Waals surface area contributed by atoms with Crippen molar-refractivity contribution < 1.29 is 4.42 Å². The molecule has 1 saturated carbocycles. The van der Waals surface area contributed by atoms with Crippen LogP contribution in [0.15, 0.2) is 40.1 Å². The largest absolute Gasteiger partial charge is 0.469 e. The van der Waals surface area contributed by atoms with Crippen LogP contribution in [0, 0.1) is 0 Å². The van der Waals surface area contributed by atoms with Crippen molar-refractivity contribution >= 4 is 5.96 Å². The van der Waals surface area contributed by atoms with Crippen LogP contribution in [0.25, 0.3) is 0 Å². The molecule has 0 aromatic carbocycles. The van der Waals surface area contributed by atoms with Crippen molar-refractivity contribution in [3.8, 4) is 0 Å². The molecule has 0 bridgehead atoms. The van der Waals surface area contributed by atoms with Gasteiger partial charge in [0.05, 0.1) is 24.5 Å². The lowest BCUT2D eigenvalue weighted by Crippen LogP contribution is -2.38. The summed E-state index contributed by atoms with van der Waals surface area (Å²) in [6.07, 6.45) is 9.79. The molecule has 6 heteroatoms. The van der Waals surface area contributed by atoms with Gasteiger partial charge in [0, 0.05) is 25.7 Å². The molecule has 1 fully saturated rings. The Morgan fingerprint density at radius 2 is 2.21 bits per heavy atom. The molecule has 2 aromatic heterocycles. The molecule has 0 atom stereocenters. The van der Waals surface area contributed by atoms with E-state index < -0.39 is 0 Å². The lowest BCUT2D eigenvalue weighted by Gasteiger charge is -2.10. The van der Waals surface area contributed by atoms with E-state index in [4.69, 9.17) is 4.42 Å². The first-order valence-electron chi connectivity index (χ1n) is 8.93. The van der Waals surface area contributed by atoms with Gasteiger partial charge in [-0.15, -0.1) is 0 Å². The van der Waals surface area contributed by atoms with Gasteiger partial charge in [0.1, 0.15) is 5.76 Å². The fraction of sp³-hybridized carbons (Fsp3) is 0.556. The van der Waals surface area contributed by atoms with Gasteiger partial charge in [0.15, 0.2) is 5.96 Å². The third-order valence-corrected chi connectivity index (χ3v) is 4.35. The summed E-state index contributed by atoms with van der Waals surface area (Å²) in [6, 6.07) is 6.56. The minimum absolute atomic E-state index is 0.586. The molecule has 2 N–H and O–H groups in total. The average Bonchev–Trinajstić information content (AvgIpc) is 3.33. The van der Waals surface area contributed by atoms with Crippen molar-refractivity contribution in [2.45, 2.75) is 51.6 Å². The molecule has 0 unspecified atom stereocenters. The van der Waals surface area contributed by atoms with Crippen molar-refractivity contribution in [3.63, 3.8) is 0 Å². The van der Waals surface area contributed by atoms with E-state index in [0.717, 1.165) is 36.9 Å². The Bertz CT molecular complexity index is 626. The second-order valence-corrected chi connectivity index (χ2v) is 6.18. The Morgan fingerprint density at radius 1 is 1.33 bits per heavy atom. The van der Waals surface area contributed by atoms with Crippen molar-refractivity contribution in [1.82, 2.24) is 20.4 Å². The number of nitrogens with one attached hydrogen (secondary N) is 2. The zero-order valence-electron chi connectivity index (χ0n) is 14.4. The maximum absolute atomic E-state index is 5.34. The third-order valence-electron chi connectivity index (χ3n) is 4.35. The molecule has 0 aliphatic heterocycles. The molecule has 1 aliphatic rings. The average molecular weight is 329 g/mol. The number of aliphatic imine (C=N–C) groups is 1. The molecule has 24 heavy (non-hydrogen) atoms. The second kappa shape index (κ2) is 8.57. The van der Waals surface area contributed by atoms with E-state index in [2.05, 4.69) is 44.6 Å². The normalized spacial score (nSPS) is 15.8. The summed E-state index contributed by atoms with van der Waals surface area (Å²) in [4.78, 5) is 4.63. The van der Waals surface area contributed by atoms with E-state index >= 15 is 0 Å². The van der Waals surface area contributed by atoms with Crippen LogP contribution in [0.4, 0.5) is 0 Å². The number of furan rings is 1. The fourth-order valence-corrected chi connectivity index (χ4v) is 3.09. The Labute approximate surface area is 143 Å². The topological polar surface area (TPSA) is 67.4 Å². The van der Waals surface area contributed by atoms with Crippen LogP contribution < -0.4 is 10.6 Å². The van der Waals surface area contributed by atoms with Gasteiger partial charge in [-0.3, -0.25) is 4.68 Å². The van der Waals surface area contributed by atoms with Crippen LogP contribution >= 0.6 is 0 Å². The first-order chi connectivity index (χ1) is 11.8. The minimum atomic E-state index is 0.586. The molecule has 0 saturated heterocycles. The predicted molar refractivity (Wildman–Crippen MR) is 95.0 cm³/mol. The number of hydrogen-bond acceptors (Lipinski definition) is 3. The molecule has 2 aromatic rings. The van der Waals surface area contributed by atoms with Gasteiger partial charge in [-0.05, 0) is 38.0 Å². The summed E-state index contributed by atoms with van der Waals surface area (Å²) in [7, 11) is 0. The number of aromatic nitrogens is 2. The van der Waals surface area contributed by atoms with Gasteiger partial charge in [-0.25, -0.2) is 4.99 Å². The molecule has 0 amide bonds. The van der Waals surface area contributed by atoms with Gasteiger partial charge in [0.25, 0.3) is 0 Å². The first kappa shape index (κ1) is 16.6. The highest BCUT2D eigenvalue weighted by Gasteiger charge is 2.17. The summed E-state index contributed by atoms with van der Waals surface area (Å²) in [5, 5.41) is 11.3. The third kappa shape index (κ3) is 4.63.